The largest absolute Gasteiger partial charge is 0.497 e. The maximum absolute atomic E-state index is 13.0. The lowest BCUT2D eigenvalue weighted by molar-refractivity contribution is -0.133. The second-order valence-electron chi connectivity index (χ2n) is 7.10. The molecule has 2 aromatic carbocycles. The second kappa shape index (κ2) is 8.88. The first-order valence-electron chi connectivity index (χ1n) is 9.70. The van der Waals surface area contributed by atoms with Crippen LogP contribution in [0.15, 0.2) is 48.5 Å². The molecule has 138 valence electrons. The van der Waals surface area contributed by atoms with Gasteiger partial charge in [0.15, 0.2) is 0 Å². The number of amides is 1. The zero-order valence-corrected chi connectivity index (χ0v) is 15.9. The quantitative estimate of drug-likeness (QED) is 0.739. The predicted octanol–water partition coefficient (Wildman–Crippen LogP) is 4.42. The van der Waals surface area contributed by atoms with Crippen molar-refractivity contribution < 1.29 is 9.53 Å². The number of hydrogen-bond acceptors (Lipinski definition) is 2. The first-order chi connectivity index (χ1) is 12.7. The third-order valence-electron chi connectivity index (χ3n) is 5.31. The molecular weight excluding hydrogens is 322 g/mol. The highest BCUT2D eigenvalue weighted by molar-refractivity contribution is 5.77. The van der Waals surface area contributed by atoms with E-state index in [0.29, 0.717) is 12.5 Å². The van der Waals surface area contributed by atoms with E-state index in [-0.39, 0.29) is 5.91 Å². The van der Waals surface area contributed by atoms with Crippen LogP contribution >= 0.6 is 0 Å². The number of carbonyl (C=O) groups is 1. The molecule has 0 aliphatic heterocycles. The summed E-state index contributed by atoms with van der Waals surface area (Å²) in [5.74, 6) is 1.13. The Labute approximate surface area is 157 Å². The Morgan fingerprint density at radius 1 is 1.15 bits per heavy atom. The molecule has 1 atom stereocenters. The monoisotopic (exact) mass is 351 g/mol. The number of fused-ring (bicyclic) bond motifs is 1. The van der Waals surface area contributed by atoms with E-state index in [4.69, 9.17) is 4.74 Å². The first-order valence-corrected chi connectivity index (χ1v) is 9.70. The van der Waals surface area contributed by atoms with Crippen LogP contribution in [-0.2, 0) is 24.1 Å². The topological polar surface area (TPSA) is 29.5 Å². The Balaban J connectivity index is 1.64. The van der Waals surface area contributed by atoms with Gasteiger partial charge < -0.3 is 9.64 Å². The number of aryl methyl sites for hydroxylation is 2. The number of carbonyl (C=O) groups excluding carboxylic acids is 1. The van der Waals surface area contributed by atoms with Crippen molar-refractivity contribution in [1.29, 1.82) is 0 Å². The molecule has 0 fully saturated rings. The van der Waals surface area contributed by atoms with Crippen LogP contribution in [0.25, 0.3) is 0 Å². The fraction of sp³-hybridized carbons (Fsp3) is 0.435. The van der Waals surface area contributed by atoms with Crippen molar-refractivity contribution in [1.82, 2.24) is 4.90 Å². The van der Waals surface area contributed by atoms with Crippen molar-refractivity contribution in [3.8, 4) is 5.75 Å². The highest BCUT2D eigenvalue weighted by Crippen LogP contribution is 2.25. The van der Waals surface area contributed by atoms with E-state index >= 15 is 0 Å². The summed E-state index contributed by atoms with van der Waals surface area (Å²) in [6, 6.07) is 17.0. The van der Waals surface area contributed by atoms with Gasteiger partial charge in [0.25, 0.3) is 0 Å². The van der Waals surface area contributed by atoms with Crippen LogP contribution in [0.5, 0.6) is 5.75 Å². The number of benzene rings is 2. The SMILES string of the molecule is CCCN(C(=O)CCc1cccc(OC)c1)C1CCc2ccccc2C1. The maximum atomic E-state index is 13.0. The number of ether oxygens (including phenoxy) is 1. The van der Waals surface area contributed by atoms with Crippen LogP contribution in [0.2, 0.25) is 0 Å². The second-order valence-corrected chi connectivity index (χ2v) is 7.10. The van der Waals surface area contributed by atoms with Crippen LogP contribution in [0.4, 0.5) is 0 Å². The summed E-state index contributed by atoms with van der Waals surface area (Å²) < 4.78 is 5.28. The molecule has 1 aliphatic rings. The lowest BCUT2D eigenvalue weighted by atomic mass is 9.87. The summed E-state index contributed by atoms with van der Waals surface area (Å²) in [6.45, 7) is 3.00. The van der Waals surface area contributed by atoms with Gasteiger partial charge in [-0.3, -0.25) is 4.79 Å². The standard InChI is InChI=1S/C23H29NO2/c1-3-15-24(21-13-12-19-8-4-5-9-20(19)17-21)23(25)14-11-18-7-6-10-22(16-18)26-2/h4-10,16,21H,3,11-15,17H2,1-2H3. The minimum Gasteiger partial charge on any atom is -0.497 e. The molecule has 0 spiro atoms. The van der Waals surface area contributed by atoms with Gasteiger partial charge in [-0.05, 0) is 60.9 Å². The predicted molar refractivity (Wildman–Crippen MR) is 106 cm³/mol. The molecule has 1 amide bonds. The highest BCUT2D eigenvalue weighted by atomic mass is 16.5. The summed E-state index contributed by atoms with van der Waals surface area (Å²) in [6.07, 6.45) is 5.46. The number of rotatable bonds is 7. The summed E-state index contributed by atoms with van der Waals surface area (Å²) in [5.41, 5.74) is 4.01. The van der Waals surface area contributed by atoms with E-state index < -0.39 is 0 Å². The van der Waals surface area contributed by atoms with E-state index in [0.717, 1.165) is 50.0 Å². The van der Waals surface area contributed by atoms with E-state index in [1.54, 1.807) is 7.11 Å². The Morgan fingerprint density at radius 2 is 1.96 bits per heavy atom. The zero-order valence-electron chi connectivity index (χ0n) is 15.9. The van der Waals surface area contributed by atoms with Gasteiger partial charge in [0.05, 0.1) is 7.11 Å². The first kappa shape index (κ1) is 18.5. The molecule has 0 N–H and O–H groups in total. The van der Waals surface area contributed by atoms with Crippen molar-refractivity contribution in [2.75, 3.05) is 13.7 Å². The normalized spacial score (nSPS) is 16.0. The van der Waals surface area contributed by atoms with Crippen LogP contribution in [0.3, 0.4) is 0 Å². The van der Waals surface area contributed by atoms with Gasteiger partial charge in [0.1, 0.15) is 5.75 Å². The fourth-order valence-corrected chi connectivity index (χ4v) is 3.92. The molecule has 0 heterocycles. The van der Waals surface area contributed by atoms with E-state index in [9.17, 15) is 4.79 Å². The lowest BCUT2D eigenvalue weighted by Crippen LogP contribution is -2.44. The molecule has 0 radical (unpaired) electrons. The van der Waals surface area contributed by atoms with Crippen LogP contribution < -0.4 is 4.74 Å². The Kier molecular flexibility index (Phi) is 6.32. The molecule has 3 nitrogen and oxygen atoms in total. The van der Waals surface area contributed by atoms with Crippen LogP contribution in [-0.4, -0.2) is 30.5 Å². The lowest BCUT2D eigenvalue weighted by Gasteiger charge is -2.35. The van der Waals surface area contributed by atoms with Crippen molar-refractivity contribution in [2.24, 2.45) is 0 Å². The summed E-state index contributed by atoms with van der Waals surface area (Å²) in [7, 11) is 1.67. The summed E-state index contributed by atoms with van der Waals surface area (Å²) >= 11 is 0. The van der Waals surface area contributed by atoms with Gasteiger partial charge >= 0.3 is 0 Å². The van der Waals surface area contributed by atoms with Crippen molar-refractivity contribution in [3.05, 3.63) is 65.2 Å². The zero-order chi connectivity index (χ0) is 18.4. The highest BCUT2D eigenvalue weighted by Gasteiger charge is 2.26. The van der Waals surface area contributed by atoms with Crippen LogP contribution in [0, 0.1) is 0 Å². The molecule has 0 aromatic heterocycles. The number of nitrogens with zero attached hydrogens (tertiary/aromatic N) is 1. The van der Waals surface area contributed by atoms with E-state index in [1.165, 1.54) is 11.1 Å². The third kappa shape index (κ3) is 4.46. The van der Waals surface area contributed by atoms with Crippen molar-refractivity contribution in [3.63, 3.8) is 0 Å². The molecule has 3 heteroatoms. The minimum absolute atomic E-state index is 0.277. The number of hydrogen-bond donors (Lipinski definition) is 0. The molecule has 1 unspecified atom stereocenters. The van der Waals surface area contributed by atoms with Gasteiger partial charge in [-0.2, -0.15) is 0 Å². The van der Waals surface area contributed by atoms with Crippen LogP contribution in [0.1, 0.15) is 42.9 Å². The molecule has 1 aliphatic carbocycles. The molecule has 0 saturated carbocycles. The number of methoxy groups -OCH3 is 1. The smallest absolute Gasteiger partial charge is 0.223 e. The molecule has 0 bridgehead atoms. The Morgan fingerprint density at radius 3 is 2.73 bits per heavy atom. The minimum atomic E-state index is 0.277. The average Bonchev–Trinajstić information content (AvgIpc) is 2.70. The fourth-order valence-electron chi connectivity index (χ4n) is 3.92. The molecule has 26 heavy (non-hydrogen) atoms. The van der Waals surface area contributed by atoms with E-state index in [1.807, 2.05) is 18.2 Å². The van der Waals surface area contributed by atoms with E-state index in [2.05, 4.69) is 42.2 Å². The Bertz CT molecular complexity index is 740. The molecular formula is C23H29NO2. The van der Waals surface area contributed by atoms with Gasteiger partial charge in [-0.1, -0.05) is 43.3 Å². The molecule has 2 aromatic rings. The van der Waals surface area contributed by atoms with Gasteiger partial charge in [0.2, 0.25) is 5.91 Å². The molecule has 0 saturated heterocycles. The van der Waals surface area contributed by atoms with Crippen molar-refractivity contribution in [2.45, 2.75) is 51.5 Å². The van der Waals surface area contributed by atoms with Gasteiger partial charge in [-0.15, -0.1) is 0 Å². The van der Waals surface area contributed by atoms with Gasteiger partial charge in [0, 0.05) is 19.0 Å². The third-order valence-corrected chi connectivity index (χ3v) is 5.31. The van der Waals surface area contributed by atoms with Crippen molar-refractivity contribution >= 4 is 5.91 Å². The maximum Gasteiger partial charge on any atom is 0.223 e. The van der Waals surface area contributed by atoms with Gasteiger partial charge in [-0.25, -0.2) is 0 Å². The Hall–Kier alpha value is -2.29. The summed E-state index contributed by atoms with van der Waals surface area (Å²) in [5, 5.41) is 0. The average molecular weight is 351 g/mol. The molecule has 3 rings (SSSR count). The summed E-state index contributed by atoms with van der Waals surface area (Å²) in [4.78, 5) is 15.1.